The molecule has 1 aliphatic heterocycles. The SMILES string of the molecule is CC(C)[C@H](NC(=O)[C@H](CC(=O)O)NC(=O)[C@H](C)N)C(=O)N[C@H](C(=O)N[C@@H](CCC(N)=O)C(=O)NCC(=O)N[C@@H](CC(=O)O)C(=O)N[C@@H](C)C(=O)N1CCC[C@H]1C(=O)N[C@@H](CO)C(=O)O)C(C)C. The van der Waals surface area contributed by atoms with Gasteiger partial charge in [0.2, 0.25) is 59.1 Å². The first kappa shape index (κ1) is 58.0. The maximum Gasteiger partial charge on any atom is 0.328 e. The average Bonchev–Trinajstić information content (AvgIpc) is 3.72. The fourth-order valence-corrected chi connectivity index (χ4v) is 6.37. The van der Waals surface area contributed by atoms with Crippen LogP contribution in [0, 0.1) is 11.8 Å². The van der Waals surface area contributed by atoms with Gasteiger partial charge < -0.3 is 79.3 Å². The highest BCUT2D eigenvalue weighted by Crippen LogP contribution is 2.19. The van der Waals surface area contributed by atoms with Crippen molar-refractivity contribution in [2.24, 2.45) is 23.3 Å². The minimum absolute atomic E-state index is 0.0333. The average molecular weight is 958 g/mol. The van der Waals surface area contributed by atoms with Crippen molar-refractivity contribution in [1.29, 1.82) is 0 Å². The Bertz CT molecular complexity index is 1880. The number of primary amides is 1. The van der Waals surface area contributed by atoms with Gasteiger partial charge in [-0.25, -0.2) is 4.79 Å². The summed E-state index contributed by atoms with van der Waals surface area (Å²) in [5, 5.41) is 55.3. The molecule has 28 heteroatoms. The lowest BCUT2D eigenvalue weighted by atomic mass is 9.98. The standard InChI is InChI=1S/C39H63N11O17/c1-16(2)29(49-37(64)30(17(3)4)48-34(61)22(13-28(56)57)46-31(58)18(5)40)36(63)45-20(9-10-25(41)52)32(59)42-14-26(53)44-21(12-27(54)55)33(60)43-19(6)38(65)50-11-7-8-24(50)35(62)47-23(15-51)39(66)67/h16-24,29-30,51H,7-15,40H2,1-6H3,(H2,41,52)(H,42,59)(H,43,60)(H,44,53)(H,45,63)(H,46,58)(H,47,62)(H,48,61)(H,49,64)(H,54,55)(H,56,57)(H,66,67)/t18-,19-,20-,21-,22-,23-,24-,29-,30-/m0/s1. The van der Waals surface area contributed by atoms with Crippen molar-refractivity contribution >= 4 is 77.0 Å². The summed E-state index contributed by atoms with van der Waals surface area (Å²) in [5.41, 5.74) is 10.8. The summed E-state index contributed by atoms with van der Waals surface area (Å²) in [7, 11) is 0. The van der Waals surface area contributed by atoms with Crippen LogP contribution in [-0.2, 0) is 62.3 Å². The first-order valence-corrected chi connectivity index (χ1v) is 21.1. The third-order valence-electron chi connectivity index (χ3n) is 10.0. The third-order valence-corrected chi connectivity index (χ3v) is 10.0. The summed E-state index contributed by atoms with van der Waals surface area (Å²) < 4.78 is 0. The van der Waals surface area contributed by atoms with Gasteiger partial charge in [0.15, 0.2) is 0 Å². The second-order valence-electron chi connectivity index (χ2n) is 16.4. The number of hydrogen-bond donors (Lipinski definition) is 14. The fourth-order valence-electron chi connectivity index (χ4n) is 6.37. The molecule has 0 bridgehead atoms. The molecule has 0 unspecified atom stereocenters. The molecule has 1 heterocycles. The minimum atomic E-state index is -1.83. The van der Waals surface area contributed by atoms with Gasteiger partial charge in [-0.2, -0.15) is 0 Å². The first-order chi connectivity index (χ1) is 31.1. The highest BCUT2D eigenvalue weighted by Gasteiger charge is 2.39. The quantitative estimate of drug-likeness (QED) is 0.0347. The van der Waals surface area contributed by atoms with E-state index < -0.39 is 182 Å². The van der Waals surface area contributed by atoms with Crippen molar-refractivity contribution < 1.29 is 82.8 Å². The van der Waals surface area contributed by atoms with Gasteiger partial charge in [-0.05, 0) is 44.9 Å². The van der Waals surface area contributed by atoms with E-state index in [0.29, 0.717) is 6.42 Å². The van der Waals surface area contributed by atoms with Gasteiger partial charge in [-0.15, -0.1) is 0 Å². The van der Waals surface area contributed by atoms with Crippen molar-refractivity contribution in [3.63, 3.8) is 0 Å². The van der Waals surface area contributed by atoms with Crippen molar-refractivity contribution in [3.8, 4) is 0 Å². The molecule has 1 rings (SSSR count). The number of likely N-dealkylation sites (tertiary alicyclic amines) is 1. The smallest absolute Gasteiger partial charge is 0.328 e. The van der Waals surface area contributed by atoms with Crippen LogP contribution in [0.2, 0.25) is 0 Å². The van der Waals surface area contributed by atoms with Crippen molar-refractivity contribution in [2.45, 2.75) is 134 Å². The molecular weight excluding hydrogens is 894 g/mol. The molecule has 28 nitrogen and oxygen atoms in total. The molecule has 10 amide bonds. The monoisotopic (exact) mass is 957 g/mol. The Morgan fingerprint density at radius 1 is 0.612 bits per heavy atom. The highest BCUT2D eigenvalue weighted by molar-refractivity contribution is 5.99. The second kappa shape index (κ2) is 27.5. The largest absolute Gasteiger partial charge is 0.481 e. The first-order valence-electron chi connectivity index (χ1n) is 21.1. The summed E-state index contributed by atoms with van der Waals surface area (Å²) in [6.07, 6.45) is -2.30. The number of carbonyl (C=O) groups excluding carboxylic acids is 10. The van der Waals surface area contributed by atoms with Crippen molar-refractivity contribution in [2.75, 3.05) is 19.7 Å². The number of carboxylic acids is 3. The maximum atomic E-state index is 13.6. The van der Waals surface area contributed by atoms with Gasteiger partial charge in [0.05, 0.1) is 32.0 Å². The van der Waals surface area contributed by atoms with Gasteiger partial charge in [0.25, 0.3) is 0 Å². The van der Waals surface area contributed by atoms with Crippen molar-refractivity contribution in [3.05, 3.63) is 0 Å². The van der Waals surface area contributed by atoms with Crippen LogP contribution < -0.4 is 54.0 Å². The molecule has 1 fully saturated rings. The van der Waals surface area contributed by atoms with Crippen LogP contribution in [0.5, 0.6) is 0 Å². The Labute approximate surface area is 384 Å². The van der Waals surface area contributed by atoms with Gasteiger partial charge in [-0.3, -0.25) is 57.5 Å². The van der Waals surface area contributed by atoms with Gasteiger partial charge in [-0.1, -0.05) is 27.7 Å². The Balaban J connectivity index is 3.11. The van der Waals surface area contributed by atoms with Gasteiger partial charge in [0.1, 0.15) is 48.3 Å². The Morgan fingerprint density at radius 3 is 1.58 bits per heavy atom. The number of amides is 10. The number of nitrogens with zero attached hydrogens (tertiary/aromatic N) is 1. The lowest BCUT2D eigenvalue weighted by molar-refractivity contribution is -0.145. The van der Waals surface area contributed by atoms with E-state index in [2.05, 4.69) is 42.5 Å². The lowest BCUT2D eigenvalue weighted by Crippen LogP contribution is -2.61. The molecule has 1 saturated heterocycles. The molecule has 1 aliphatic rings. The van der Waals surface area contributed by atoms with E-state index in [4.69, 9.17) is 16.6 Å². The van der Waals surface area contributed by atoms with Crippen LogP contribution in [0.15, 0.2) is 0 Å². The zero-order valence-electron chi connectivity index (χ0n) is 37.9. The number of rotatable bonds is 28. The van der Waals surface area contributed by atoms with E-state index in [9.17, 15) is 77.6 Å². The molecule has 0 radical (unpaired) electrons. The van der Waals surface area contributed by atoms with Crippen LogP contribution >= 0.6 is 0 Å². The van der Waals surface area contributed by atoms with Crippen LogP contribution in [-0.4, -0.2) is 176 Å². The number of carboxylic acid groups (broad SMARTS) is 3. The summed E-state index contributed by atoms with van der Waals surface area (Å²) in [6.45, 7) is 6.78. The summed E-state index contributed by atoms with van der Waals surface area (Å²) in [5.74, 6) is -15.6. The lowest BCUT2D eigenvalue weighted by Gasteiger charge is -2.29. The highest BCUT2D eigenvalue weighted by atomic mass is 16.4. The zero-order valence-corrected chi connectivity index (χ0v) is 37.9. The molecular formula is C39H63N11O17. The molecule has 0 spiro atoms. The minimum Gasteiger partial charge on any atom is -0.481 e. The normalized spacial score (nSPS) is 16.9. The molecule has 16 N–H and O–H groups in total. The second-order valence-corrected chi connectivity index (χ2v) is 16.4. The van der Waals surface area contributed by atoms with Crippen LogP contribution in [0.1, 0.15) is 80.1 Å². The summed E-state index contributed by atoms with van der Waals surface area (Å²) in [6, 6.07) is -13.2. The number of aliphatic hydroxyl groups excluding tert-OH is 1. The Kier molecular flexibility index (Phi) is 23.8. The van der Waals surface area contributed by atoms with E-state index in [1.54, 1.807) is 0 Å². The number of nitrogens with two attached hydrogens (primary N) is 2. The molecule has 0 aromatic heterocycles. The van der Waals surface area contributed by atoms with Crippen LogP contribution in [0.25, 0.3) is 0 Å². The number of hydrogen-bond acceptors (Lipinski definition) is 15. The third kappa shape index (κ3) is 19.6. The zero-order chi connectivity index (χ0) is 51.5. The molecule has 376 valence electrons. The predicted octanol–water partition coefficient (Wildman–Crippen LogP) is -6.54. The van der Waals surface area contributed by atoms with Crippen LogP contribution in [0.4, 0.5) is 0 Å². The number of aliphatic carboxylic acids is 3. The number of nitrogens with one attached hydrogen (secondary N) is 8. The number of aliphatic hydroxyl groups is 1. The molecule has 9 atom stereocenters. The van der Waals surface area contributed by atoms with Gasteiger partial charge in [0, 0.05) is 13.0 Å². The summed E-state index contributed by atoms with van der Waals surface area (Å²) in [4.78, 5) is 165. The van der Waals surface area contributed by atoms with E-state index >= 15 is 0 Å². The van der Waals surface area contributed by atoms with Crippen LogP contribution in [0.3, 0.4) is 0 Å². The van der Waals surface area contributed by atoms with E-state index in [1.807, 2.05) is 0 Å². The number of carbonyl (C=O) groups is 13. The Hall–Kier alpha value is -6.97. The molecule has 0 aromatic carbocycles. The predicted molar refractivity (Wildman–Crippen MR) is 228 cm³/mol. The molecule has 0 aromatic rings. The van der Waals surface area contributed by atoms with E-state index in [-0.39, 0.29) is 13.0 Å². The topological polar surface area (TPSA) is 454 Å². The fraction of sp³-hybridized carbons (Fsp3) is 0.667. The molecule has 0 saturated carbocycles. The Morgan fingerprint density at radius 2 is 1.10 bits per heavy atom. The van der Waals surface area contributed by atoms with E-state index in [0.717, 1.165) is 4.90 Å². The van der Waals surface area contributed by atoms with Crippen molar-refractivity contribution in [1.82, 2.24) is 47.4 Å². The van der Waals surface area contributed by atoms with E-state index in [1.165, 1.54) is 41.5 Å². The molecule has 0 aliphatic carbocycles. The maximum absolute atomic E-state index is 13.6. The summed E-state index contributed by atoms with van der Waals surface area (Å²) >= 11 is 0. The van der Waals surface area contributed by atoms with Gasteiger partial charge >= 0.3 is 17.9 Å². The molecule has 67 heavy (non-hydrogen) atoms.